The lowest BCUT2D eigenvalue weighted by Gasteiger charge is -2.29. The average Bonchev–Trinajstić information content (AvgIpc) is 2.78. The number of likely N-dealkylation sites (N-methyl/N-ethyl adjacent to an activating group) is 2. The van der Waals surface area contributed by atoms with Crippen molar-refractivity contribution in [3.05, 3.63) is 18.2 Å². The van der Waals surface area contributed by atoms with Gasteiger partial charge in [-0.15, -0.1) is 0 Å². The summed E-state index contributed by atoms with van der Waals surface area (Å²) in [6, 6.07) is 0.159. The van der Waals surface area contributed by atoms with E-state index in [1.54, 1.807) is 12.5 Å². The fourth-order valence-corrected chi connectivity index (χ4v) is 2.17. The van der Waals surface area contributed by atoms with Gasteiger partial charge in [0.2, 0.25) is 0 Å². The van der Waals surface area contributed by atoms with Gasteiger partial charge in [0.25, 0.3) is 5.91 Å². The molecule has 0 aliphatic heterocycles. The van der Waals surface area contributed by atoms with Gasteiger partial charge in [0.05, 0.1) is 6.33 Å². The summed E-state index contributed by atoms with van der Waals surface area (Å²) in [5.74, 6) is -0.0207. The first-order valence-corrected chi connectivity index (χ1v) is 6.67. The fourth-order valence-electron chi connectivity index (χ4n) is 2.17. The smallest absolute Gasteiger partial charge is 0.274 e. The van der Waals surface area contributed by atoms with E-state index in [0.29, 0.717) is 25.3 Å². The number of carbonyl (C=O) groups excluding carboxylic acids is 1. The maximum absolute atomic E-state index is 12.4. The molecule has 0 aliphatic rings. The molecule has 0 bridgehead atoms. The summed E-state index contributed by atoms with van der Waals surface area (Å²) in [7, 11) is 4.01. The molecular formula is C13H25N5O. The molecule has 0 aliphatic carbocycles. The third-order valence-corrected chi connectivity index (χ3v) is 3.00. The Morgan fingerprint density at radius 2 is 2.21 bits per heavy atom. The van der Waals surface area contributed by atoms with Gasteiger partial charge in [-0.1, -0.05) is 0 Å². The number of nitrogens with zero attached hydrogens (tertiary/aromatic N) is 4. The Hall–Kier alpha value is -1.40. The highest BCUT2D eigenvalue weighted by Crippen LogP contribution is 2.07. The van der Waals surface area contributed by atoms with Gasteiger partial charge in [-0.25, -0.2) is 4.98 Å². The summed E-state index contributed by atoms with van der Waals surface area (Å²) in [6.45, 7) is 6.78. The van der Waals surface area contributed by atoms with Crippen LogP contribution < -0.4 is 5.73 Å². The molecule has 0 aromatic carbocycles. The lowest BCUT2D eigenvalue weighted by Crippen LogP contribution is -2.43. The Morgan fingerprint density at radius 1 is 1.53 bits per heavy atom. The zero-order valence-corrected chi connectivity index (χ0v) is 12.3. The minimum absolute atomic E-state index is 0.0207. The van der Waals surface area contributed by atoms with Crippen molar-refractivity contribution < 1.29 is 4.79 Å². The second-order valence-corrected chi connectivity index (χ2v) is 4.99. The van der Waals surface area contributed by atoms with Crippen LogP contribution in [0, 0.1) is 0 Å². The molecule has 0 spiro atoms. The van der Waals surface area contributed by atoms with Crippen molar-refractivity contribution in [1.82, 2.24) is 19.4 Å². The molecule has 1 heterocycles. The Balaban J connectivity index is 2.76. The summed E-state index contributed by atoms with van der Waals surface area (Å²) in [5.41, 5.74) is 5.97. The second-order valence-electron chi connectivity index (χ2n) is 4.99. The highest BCUT2D eigenvalue weighted by atomic mass is 16.2. The quantitative estimate of drug-likeness (QED) is 0.769. The SMILES string of the molecule is CCN(C(=O)c1cn(CCN)cn1)C(C)CN(C)C. The van der Waals surface area contributed by atoms with Crippen LogP contribution in [0.3, 0.4) is 0 Å². The van der Waals surface area contributed by atoms with Gasteiger partial charge < -0.3 is 20.1 Å². The average molecular weight is 267 g/mol. The summed E-state index contributed by atoms with van der Waals surface area (Å²) in [4.78, 5) is 20.5. The summed E-state index contributed by atoms with van der Waals surface area (Å²) in [6.07, 6.45) is 3.42. The fraction of sp³-hybridized carbons (Fsp3) is 0.692. The lowest BCUT2D eigenvalue weighted by atomic mass is 10.2. The first kappa shape index (κ1) is 15.7. The molecule has 19 heavy (non-hydrogen) atoms. The summed E-state index contributed by atoms with van der Waals surface area (Å²) in [5, 5.41) is 0. The van der Waals surface area contributed by atoms with E-state index in [1.165, 1.54) is 0 Å². The van der Waals surface area contributed by atoms with E-state index in [9.17, 15) is 4.79 Å². The number of amides is 1. The van der Waals surface area contributed by atoms with Gasteiger partial charge in [-0.05, 0) is 27.9 Å². The number of rotatable bonds is 7. The molecular weight excluding hydrogens is 242 g/mol. The normalized spacial score (nSPS) is 12.7. The van der Waals surface area contributed by atoms with Crippen LogP contribution in [0.25, 0.3) is 0 Å². The van der Waals surface area contributed by atoms with E-state index in [0.717, 1.165) is 6.54 Å². The monoisotopic (exact) mass is 267 g/mol. The molecule has 1 atom stereocenters. The third-order valence-electron chi connectivity index (χ3n) is 3.00. The van der Waals surface area contributed by atoms with Crippen LogP contribution in [0.4, 0.5) is 0 Å². The maximum atomic E-state index is 12.4. The van der Waals surface area contributed by atoms with Crippen molar-refractivity contribution in [3.63, 3.8) is 0 Å². The number of nitrogens with two attached hydrogens (primary N) is 1. The first-order valence-electron chi connectivity index (χ1n) is 6.67. The zero-order chi connectivity index (χ0) is 14.4. The highest BCUT2D eigenvalue weighted by molar-refractivity contribution is 5.92. The van der Waals surface area contributed by atoms with E-state index >= 15 is 0 Å². The molecule has 6 nitrogen and oxygen atoms in total. The van der Waals surface area contributed by atoms with E-state index < -0.39 is 0 Å². The second kappa shape index (κ2) is 7.25. The molecule has 0 radical (unpaired) electrons. The number of carbonyl (C=O) groups is 1. The lowest BCUT2D eigenvalue weighted by molar-refractivity contribution is 0.0673. The third kappa shape index (κ3) is 4.33. The van der Waals surface area contributed by atoms with Gasteiger partial charge in [0.15, 0.2) is 0 Å². The number of hydrogen-bond donors (Lipinski definition) is 1. The first-order chi connectivity index (χ1) is 8.99. The van der Waals surface area contributed by atoms with Crippen LogP contribution in [0.15, 0.2) is 12.5 Å². The van der Waals surface area contributed by atoms with Crippen molar-refractivity contribution in [2.45, 2.75) is 26.4 Å². The molecule has 0 saturated heterocycles. The van der Waals surface area contributed by atoms with Crippen molar-refractivity contribution in [1.29, 1.82) is 0 Å². The topological polar surface area (TPSA) is 67.4 Å². The van der Waals surface area contributed by atoms with Gasteiger partial charge in [0, 0.05) is 38.4 Å². The number of imidazole rings is 1. The van der Waals surface area contributed by atoms with Crippen LogP contribution in [-0.4, -0.2) is 65.0 Å². The Kier molecular flexibility index (Phi) is 5.98. The Morgan fingerprint density at radius 3 is 2.74 bits per heavy atom. The van der Waals surface area contributed by atoms with Gasteiger partial charge in [-0.3, -0.25) is 4.79 Å². The molecule has 0 saturated carbocycles. The van der Waals surface area contributed by atoms with Crippen LogP contribution in [0.2, 0.25) is 0 Å². The standard InChI is InChI=1S/C13H25N5O/c1-5-18(11(2)8-16(3)4)13(19)12-9-17(7-6-14)10-15-12/h9-11H,5-8,14H2,1-4H3. The molecule has 1 aromatic rings. The predicted octanol–water partition coefficient (Wildman–Crippen LogP) is 0.254. The number of hydrogen-bond acceptors (Lipinski definition) is 4. The molecule has 1 aromatic heterocycles. The van der Waals surface area contributed by atoms with Gasteiger partial charge in [-0.2, -0.15) is 0 Å². The molecule has 6 heteroatoms. The Bertz CT molecular complexity index is 401. The van der Waals surface area contributed by atoms with Crippen LogP contribution >= 0.6 is 0 Å². The number of aromatic nitrogens is 2. The van der Waals surface area contributed by atoms with E-state index in [-0.39, 0.29) is 11.9 Å². The van der Waals surface area contributed by atoms with Crippen LogP contribution in [-0.2, 0) is 6.54 Å². The summed E-state index contributed by atoms with van der Waals surface area (Å²) < 4.78 is 1.84. The zero-order valence-electron chi connectivity index (χ0n) is 12.3. The van der Waals surface area contributed by atoms with Crippen molar-refractivity contribution in [2.75, 3.05) is 33.7 Å². The Labute approximate surface area is 115 Å². The van der Waals surface area contributed by atoms with Crippen molar-refractivity contribution in [3.8, 4) is 0 Å². The largest absolute Gasteiger partial charge is 0.335 e. The molecule has 1 amide bonds. The molecule has 1 rings (SSSR count). The van der Waals surface area contributed by atoms with E-state index in [1.807, 2.05) is 30.5 Å². The molecule has 2 N–H and O–H groups in total. The molecule has 0 fully saturated rings. The minimum atomic E-state index is -0.0207. The van der Waals surface area contributed by atoms with Crippen LogP contribution in [0.1, 0.15) is 24.3 Å². The molecule has 108 valence electrons. The maximum Gasteiger partial charge on any atom is 0.274 e. The summed E-state index contributed by atoms with van der Waals surface area (Å²) >= 11 is 0. The van der Waals surface area contributed by atoms with Gasteiger partial charge >= 0.3 is 0 Å². The van der Waals surface area contributed by atoms with Crippen molar-refractivity contribution >= 4 is 5.91 Å². The van der Waals surface area contributed by atoms with E-state index in [4.69, 9.17) is 5.73 Å². The van der Waals surface area contributed by atoms with Crippen molar-refractivity contribution in [2.24, 2.45) is 5.73 Å². The van der Waals surface area contributed by atoms with E-state index in [2.05, 4.69) is 16.8 Å². The molecule has 1 unspecified atom stereocenters. The predicted molar refractivity (Wildman–Crippen MR) is 76.0 cm³/mol. The van der Waals surface area contributed by atoms with Gasteiger partial charge in [0.1, 0.15) is 5.69 Å². The minimum Gasteiger partial charge on any atom is -0.335 e. The highest BCUT2D eigenvalue weighted by Gasteiger charge is 2.22. The van der Waals surface area contributed by atoms with Crippen LogP contribution in [0.5, 0.6) is 0 Å².